The van der Waals surface area contributed by atoms with Gasteiger partial charge in [0.2, 0.25) is 0 Å². The van der Waals surface area contributed by atoms with Crippen LogP contribution in [0.3, 0.4) is 0 Å². The molecular weight excluding hydrogens is 226 g/mol. The van der Waals surface area contributed by atoms with Gasteiger partial charge in [0.1, 0.15) is 18.2 Å². The van der Waals surface area contributed by atoms with E-state index in [0.717, 1.165) is 6.07 Å². The van der Waals surface area contributed by atoms with E-state index in [1.165, 1.54) is 6.07 Å². The number of ether oxygens (including phenoxy) is 1. The summed E-state index contributed by atoms with van der Waals surface area (Å²) >= 11 is 0. The first kappa shape index (κ1) is 12.9. The molecule has 90 valence electrons. The van der Waals surface area contributed by atoms with Gasteiger partial charge in [0, 0.05) is 11.6 Å². The summed E-state index contributed by atoms with van der Waals surface area (Å²) in [4.78, 5) is 0. The number of hydrogen-bond donors (Lipinski definition) is 1. The molecule has 0 bridgehead atoms. The molecule has 0 spiro atoms. The zero-order valence-electron chi connectivity index (χ0n) is 8.30. The van der Waals surface area contributed by atoms with Crippen molar-refractivity contribution in [2.45, 2.75) is 12.5 Å². The quantitative estimate of drug-likeness (QED) is 0.797. The molecule has 2 N–H and O–H groups in total. The molecule has 2 nitrogen and oxygen atoms in total. The first-order valence-corrected chi connectivity index (χ1v) is 4.57. The van der Waals surface area contributed by atoms with E-state index in [-0.39, 0.29) is 12.2 Å². The third-order valence-electron chi connectivity index (χ3n) is 1.90. The van der Waals surface area contributed by atoms with Crippen LogP contribution in [0.2, 0.25) is 0 Å². The van der Waals surface area contributed by atoms with Crippen molar-refractivity contribution >= 4 is 0 Å². The molecule has 16 heavy (non-hydrogen) atoms. The van der Waals surface area contributed by atoms with Gasteiger partial charge in [-0.15, -0.1) is 0 Å². The van der Waals surface area contributed by atoms with Crippen molar-refractivity contribution in [2.24, 2.45) is 5.73 Å². The number of alkyl halides is 2. The Kier molecular flexibility index (Phi) is 4.70. The SMILES string of the molecule is NC(COCC(F)F)c1ccc(F)cc1F. The van der Waals surface area contributed by atoms with E-state index in [9.17, 15) is 17.6 Å². The third kappa shape index (κ3) is 3.79. The maximum absolute atomic E-state index is 13.2. The normalized spacial score (nSPS) is 13.1. The van der Waals surface area contributed by atoms with Gasteiger partial charge in [0.05, 0.1) is 12.6 Å². The van der Waals surface area contributed by atoms with Crippen molar-refractivity contribution in [1.29, 1.82) is 0 Å². The maximum atomic E-state index is 13.2. The Morgan fingerprint density at radius 3 is 2.44 bits per heavy atom. The van der Waals surface area contributed by atoms with Crippen LogP contribution in [-0.2, 0) is 4.74 Å². The standard InChI is InChI=1S/C10H11F4NO/c11-6-1-2-7(8(12)3-6)9(15)4-16-5-10(13)14/h1-3,9-10H,4-5,15H2. The Morgan fingerprint density at radius 1 is 1.19 bits per heavy atom. The van der Waals surface area contributed by atoms with Crippen molar-refractivity contribution < 1.29 is 22.3 Å². The van der Waals surface area contributed by atoms with Crippen molar-refractivity contribution in [3.8, 4) is 0 Å². The van der Waals surface area contributed by atoms with E-state index in [1.807, 2.05) is 0 Å². The van der Waals surface area contributed by atoms with Crippen LogP contribution in [0.15, 0.2) is 18.2 Å². The van der Waals surface area contributed by atoms with Gasteiger partial charge in [-0.05, 0) is 6.07 Å². The lowest BCUT2D eigenvalue weighted by atomic mass is 10.1. The Balaban J connectivity index is 2.55. The fourth-order valence-electron chi connectivity index (χ4n) is 1.18. The molecule has 0 aliphatic carbocycles. The van der Waals surface area contributed by atoms with Crippen LogP contribution in [0.25, 0.3) is 0 Å². The van der Waals surface area contributed by atoms with Crippen molar-refractivity contribution in [3.63, 3.8) is 0 Å². The minimum absolute atomic E-state index is 0.0377. The maximum Gasteiger partial charge on any atom is 0.261 e. The monoisotopic (exact) mass is 237 g/mol. The van der Waals surface area contributed by atoms with Crippen LogP contribution < -0.4 is 5.73 Å². The van der Waals surface area contributed by atoms with E-state index in [0.29, 0.717) is 6.07 Å². The summed E-state index contributed by atoms with van der Waals surface area (Å²) < 4.78 is 53.7. The third-order valence-corrected chi connectivity index (χ3v) is 1.90. The molecule has 0 fully saturated rings. The highest BCUT2D eigenvalue weighted by molar-refractivity contribution is 5.21. The number of rotatable bonds is 5. The average Bonchev–Trinajstić information content (AvgIpc) is 2.16. The molecule has 1 aromatic carbocycles. The molecular formula is C10H11F4NO. The lowest BCUT2D eigenvalue weighted by Crippen LogP contribution is -2.20. The Hall–Kier alpha value is -1.14. The van der Waals surface area contributed by atoms with Gasteiger partial charge in [-0.1, -0.05) is 6.07 Å². The minimum atomic E-state index is -2.59. The smallest absolute Gasteiger partial charge is 0.261 e. The molecule has 0 radical (unpaired) electrons. The van der Waals surface area contributed by atoms with E-state index in [1.54, 1.807) is 0 Å². The molecule has 0 aromatic heterocycles. The zero-order valence-corrected chi connectivity index (χ0v) is 8.30. The fourth-order valence-corrected chi connectivity index (χ4v) is 1.18. The second kappa shape index (κ2) is 5.81. The summed E-state index contributed by atoms with van der Waals surface area (Å²) in [6.45, 7) is -0.997. The van der Waals surface area contributed by atoms with Gasteiger partial charge in [-0.25, -0.2) is 17.6 Å². The largest absolute Gasteiger partial charge is 0.374 e. The predicted molar refractivity (Wildman–Crippen MR) is 50.1 cm³/mol. The summed E-state index contributed by atoms with van der Waals surface area (Å²) in [7, 11) is 0. The molecule has 1 rings (SSSR count). The molecule has 0 aliphatic rings. The second-order valence-corrected chi connectivity index (χ2v) is 3.20. The first-order chi connectivity index (χ1) is 7.50. The van der Waals surface area contributed by atoms with E-state index < -0.39 is 30.7 Å². The van der Waals surface area contributed by atoms with Crippen molar-refractivity contribution in [1.82, 2.24) is 0 Å². The zero-order chi connectivity index (χ0) is 12.1. The summed E-state index contributed by atoms with van der Waals surface area (Å²) in [6.07, 6.45) is -2.59. The van der Waals surface area contributed by atoms with Crippen LogP contribution in [0.5, 0.6) is 0 Å². The molecule has 0 amide bonds. The lowest BCUT2D eigenvalue weighted by molar-refractivity contribution is 0.0123. The molecule has 0 saturated heterocycles. The summed E-state index contributed by atoms with van der Waals surface area (Å²) in [5, 5.41) is 0. The van der Waals surface area contributed by atoms with Gasteiger partial charge < -0.3 is 10.5 Å². The molecule has 6 heteroatoms. The Labute approximate surface area is 90.0 Å². The summed E-state index contributed by atoms with van der Waals surface area (Å²) in [5.74, 6) is -1.53. The van der Waals surface area contributed by atoms with Gasteiger partial charge in [-0.2, -0.15) is 0 Å². The second-order valence-electron chi connectivity index (χ2n) is 3.20. The molecule has 0 aliphatic heterocycles. The van der Waals surface area contributed by atoms with Crippen LogP contribution in [0.1, 0.15) is 11.6 Å². The van der Waals surface area contributed by atoms with Gasteiger partial charge in [0.25, 0.3) is 6.43 Å². The number of nitrogens with two attached hydrogens (primary N) is 1. The van der Waals surface area contributed by atoms with Crippen LogP contribution in [0.4, 0.5) is 17.6 Å². The van der Waals surface area contributed by atoms with Crippen molar-refractivity contribution in [2.75, 3.05) is 13.2 Å². The van der Waals surface area contributed by atoms with Crippen molar-refractivity contribution in [3.05, 3.63) is 35.4 Å². The number of hydrogen-bond acceptors (Lipinski definition) is 2. The van der Waals surface area contributed by atoms with E-state index in [2.05, 4.69) is 4.74 Å². The molecule has 0 saturated carbocycles. The topological polar surface area (TPSA) is 35.2 Å². The molecule has 1 unspecified atom stereocenters. The van der Waals surface area contributed by atoms with Crippen LogP contribution >= 0.6 is 0 Å². The minimum Gasteiger partial charge on any atom is -0.374 e. The van der Waals surface area contributed by atoms with Gasteiger partial charge in [0.15, 0.2) is 0 Å². The summed E-state index contributed by atoms with van der Waals surface area (Å²) in [5.41, 5.74) is 5.54. The number of halogens is 4. The highest BCUT2D eigenvalue weighted by Crippen LogP contribution is 2.16. The van der Waals surface area contributed by atoms with Crippen LogP contribution in [-0.4, -0.2) is 19.6 Å². The molecule has 1 aromatic rings. The Bertz CT molecular complexity index is 346. The first-order valence-electron chi connectivity index (χ1n) is 4.57. The number of benzene rings is 1. The Morgan fingerprint density at radius 2 is 1.88 bits per heavy atom. The lowest BCUT2D eigenvalue weighted by Gasteiger charge is -2.13. The van der Waals surface area contributed by atoms with Gasteiger partial charge in [-0.3, -0.25) is 0 Å². The molecule has 1 atom stereocenters. The van der Waals surface area contributed by atoms with Gasteiger partial charge >= 0.3 is 0 Å². The van der Waals surface area contributed by atoms with E-state index in [4.69, 9.17) is 5.73 Å². The van der Waals surface area contributed by atoms with E-state index >= 15 is 0 Å². The molecule has 0 heterocycles. The summed E-state index contributed by atoms with van der Waals surface area (Å²) in [6, 6.07) is 2.01. The highest BCUT2D eigenvalue weighted by atomic mass is 19.3. The highest BCUT2D eigenvalue weighted by Gasteiger charge is 2.13. The predicted octanol–water partition coefficient (Wildman–Crippen LogP) is 2.25. The average molecular weight is 237 g/mol. The van der Waals surface area contributed by atoms with Crippen LogP contribution in [0, 0.1) is 11.6 Å². The fraction of sp³-hybridized carbons (Fsp3) is 0.400.